The first-order chi connectivity index (χ1) is 47.0. The van der Waals surface area contributed by atoms with Crippen molar-refractivity contribution in [2.45, 2.75) is 90.9 Å². The van der Waals surface area contributed by atoms with E-state index in [0.29, 0.717) is 35.9 Å². The molecule has 0 bridgehead atoms. The number of benzene rings is 9. The predicted octanol–water partition coefficient (Wildman–Crippen LogP) is 25.0. The lowest BCUT2D eigenvalue weighted by atomic mass is 10.0. The quantitative estimate of drug-likeness (QED) is 0.0249. The Bertz CT molecular complexity index is 4200. The van der Waals surface area contributed by atoms with Gasteiger partial charge in [-0.1, -0.05) is 224 Å². The fourth-order valence-electron chi connectivity index (χ4n) is 12.0. The normalized spacial score (nSPS) is 11.5. The van der Waals surface area contributed by atoms with Crippen molar-refractivity contribution >= 4 is 103 Å². The molecule has 0 aliphatic rings. The van der Waals surface area contributed by atoms with Gasteiger partial charge in [0.2, 0.25) is 0 Å². The molecular weight excluding hydrogens is 1220 g/mol. The minimum Gasteiger partial charge on any atom is -0.489 e. The second-order valence-corrected chi connectivity index (χ2v) is 26.3. The van der Waals surface area contributed by atoms with Crippen molar-refractivity contribution in [1.29, 1.82) is 10.5 Å². The summed E-state index contributed by atoms with van der Waals surface area (Å²) in [6.45, 7) is 5.60. The first kappa shape index (κ1) is 64.9. The van der Waals surface area contributed by atoms with Crippen LogP contribution in [0.1, 0.15) is 113 Å². The number of fused-ring (bicyclic) bond motifs is 1. The lowest BCUT2D eigenvalue weighted by Crippen LogP contribution is -2.09. The summed E-state index contributed by atoms with van der Waals surface area (Å²) in [4.78, 5) is 8.66. The van der Waals surface area contributed by atoms with Crippen molar-refractivity contribution in [3.8, 4) is 65.4 Å². The first-order valence-electron chi connectivity index (χ1n) is 33.2. The molecule has 3 heterocycles. The summed E-state index contributed by atoms with van der Waals surface area (Å²) < 4.78 is 24.5. The van der Waals surface area contributed by atoms with Gasteiger partial charge in [-0.15, -0.1) is 22.7 Å². The minimum absolute atomic E-state index is 0.543. The Morgan fingerprint density at radius 3 is 1.02 bits per heavy atom. The van der Waals surface area contributed by atoms with Crippen molar-refractivity contribution in [3.63, 3.8) is 0 Å². The summed E-state index contributed by atoms with van der Waals surface area (Å²) in [5.74, 6) is 1.42. The number of thiophene rings is 2. The number of anilines is 6. The molecule has 11 heteroatoms. The Hall–Kier alpha value is -10.1. The van der Waals surface area contributed by atoms with E-state index in [4.69, 9.17) is 18.2 Å². The van der Waals surface area contributed by atoms with Gasteiger partial charge in [0.15, 0.2) is 11.5 Å². The van der Waals surface area contributed by atoms with Crippen LogP contribution in [0.25, 0.3) is 76.1 Å². The third kappa shape index (κ3) is 15.9. The Balaban J connectivity index is 0.833. The molecule has 0 spiro atoms. The van der Waals surface area contributed by atoms with Crippen molar-refractivity contribution < 1.29 is 9.47 Å². The molecule has 12 rings (SSSR count). The molecule has 0 saturated carbocycles. The molecule has 0 atom stereocenters. The average Bonchev–Trinajstić information content (AvgIpc) is 1.68. The summed E-state index contributed by atoms with van der Waals surface area (Å²) in [6.07, 6.45) is 17.6. The summed E-state index contributed by atoms with van der Waals surface area (Å²) in [5.41, 5.74) is 16.5. The van der Waals surface area contributed by atoms with Gasteiger partial charge < -0.3 is 19.3 Å². The predicted molar refractivity (Wildman–Crippen MR) is 402 cm³/mol. The van der Waals surface area contributed by atoms with Crippen LogP contribution in [-0.2, 0) is 0 Å². The number of nitriles is 2. The standard InChI is InChI=1S/C84H76N6O2S3/c1-3-5-7-9-11-25-55-91-83-79(77-53-51-75(93-77)65-43-39-63(40-44-65)67(59-85)57-61-35-47-73(48-36-61)89(69-27-17-13-18-28-69)70-29-19-14-20-30-70)81-82(88-95-87-81)80(84(83)92-56-26-12-10-8-6-4-2)78-54-52-76(94-78)66-45-41-64(42-46-66)68(60-86)58-62-37-49-74(50-38-62)90(71-31-21-15-22-32-71)72-33-23-16-24-34-72/h13-24,27-54,57-58H,3-12,25-26,55-56H2,1-2H3/b67-57-,68-58-. The van der Waals surface area contributed by atoms with E-state index in [9.17, 15) is 10.5 Å². The third-order valence-corrected chi connectivity index (χ3v) is 19.8. The summed E-state index contributed by atoms with van der Waals surface area (Å²) in [7, 11) is 0. The second kappa shape index (κ2) is 32.6. The van der Waals surface area contributed by atoms with Crippen LogP contribution in [0.2, 0.25) is 0 Å². The van der Waals surface area contributed by atoms with Gasteiger partial charge in [-0.05, 0) is 155 Å². The highest BCUT2D eigenvalue weighted by molar-refractivity contribution is 7.19. The second-order valence-electron chi connectivity index (χ2n) is 23.6. The molecule has 95 heavy (non-hydrogen) atoms. The summed E-state index contributed by atoms with van der Waals surface area (Å²) in [5, 5.41) is 21.1. The van der Waals surface area contributed by atoms with Crippen LogP contribution >= 0.6 is 34.4 Å². The fourth-order valence-corrected chi connectivity index (χ4v) is 14.7. The van der Waals surface area contributed by atoms with E-state index in [1.807, 2.05) is 60.7 Å². The molecule has 0 radical (unpaired) electrons. The molecule has 0 aliphatic heterocycles. The summed E-state index contributed by atoms with van der Waals surface area (Å²) >= 11 is 4.61. The monoisotopic (exact) mass is 1300 g/mol. The van der Waals surface area contributed by atoms with Crippen molar-refractivity contribution in [3.05, 3.63) is 265 Å². The topological polar surface area (TPSA) is 98.3 Å². The molecule has 12 aromatic rings. The zero-order valence-corrected chi connectivity index (χ0v) is 56.3. The fraction of sp³-hybridized carbons (Fsp3) is 0.190. The molecule has 0 amide bonds. The SMILES string of the molecule is CCCCCCCCOc1c(OCCCCCCCC)c(-c2ccc(-c3ccc(/C(C#N)=C\c4ccc(N(c5ccccc5)c5ccccc5)cc4)cc3)s2)c2nsnc2c1-c1ccc(-c2ccc(/C(C#N)=C\c3ccc(N(c4ccccc4)c4ccccc4)cc3)cc2)s1. The number of hydrogen-bond donors (Lipinski definition) is 0. The number of hydrogen-bond acceptors (Lipinski definition) is 11. The zero-order chi connectivity index (χ0) is 65.0. The maximum Gasteiger partial charge on any atom is 0.172 e. The van der Waals surface area contributed by atoms with E-state index in [1.54, 1.807) is 22.7 Å². The van der Waals surface area contributed by atoms with Crippen LogP contribution in [0.5, 0.6) is 11.5 Å². The van der Waals surface area contributed by atoms with Crippen molar-refractivity contribution in [1.82, 2.24) is 8.75 Å². The zero-order valence-electron chi connectivity index (χ0n) is 53.9. The maximum absolute atomic E-state index is 10.6. The van der Waals surface area contributed by atoms with Crippen LogP contribution in [0.4, 0.5) is 34.1 Å². The van der Waals surface area contributed by atoms with Gasteiger partial charge in [0, 0.05) is 53.6 Å². The van der Waals surface area contributed by atoms with Crippen LogP contribution in [0.15, 0.2) is 243 Å². The van der Waals surface area contributed by atoms with E-state index in [2.05, 4.69) is 230 Å². The molecular formula is C84H76N6O2S3. The number of ether oxygens (including phenoxy) is 2. The molecule has 0 fully saturated rings. The van der Waals surface area contributed by atoms with E-state index in [-0.39, 0.29) is 0 Å². The molecule has 472 valence electrons. The number of para-hydroxylation sites is 4. The van der Waals surface area contributed by atoms with Crippen LogP contribution in [0.3, 0.4) is 0 Å². The largest absolute Gasteiger partial charge is 0.489 e. The molecule has 8 nitrogen and oxygen atoms in total. The number of aromatic nitrogens is 2. The molecule has 3 aromatic heterocycles. The van der Waals surface area contributed by atoms with Gasteiger partial charge in [0.05, 0.1) is 59.4 Å². The first-order valence-corrected chi connectivity index (χ1v) is 35.6. The number of nitrogens with zero attached hydrogens (tertiary/aromatic N) is 6. The lowest BCUT2D eigenvalue weighted by Gasteiger charge is -2.25. The van der Waals surface area contributed by atoms with Gasteiger partial charge in [0.1, 0.15) is 11.0 Å². The van der Waals surface area contributed by atoms with E-state index < -0.39 is 0 Å². The highest BCUT2D eigenvalue weighted by Crippen LogP contribution is 2.54. The molecule has 0 N–H and O–H groups in total. The highest BCUT2D eigenvalue weighted by Gasteiger charge is 2.29. The van der Waals surface area contributed by atoms with Gasteiger partial charge in [0.25, 0.3) is 0 Å². The maximum atomic E-state index is 10.6. The Kier molecular flexibility index (Phi) is 22.3. The van der Waals surface area contributed by atoms with Gasteiger partial charge in [-0.2, -0.15) is 19.3 Å². The molecule has 9 aromatic carbocycles. The van der Waals surface area contributed by atoms with Crippen molar-refractivity contribution in [2.75, 3.05) is 23.0 Å². The van der Waals surface area contributed by atoms with Gasteiger partial charge in [-0.3, -0.25) is 0 Å². The smallest absolute Gasteiger partial charge is 0.172 e. The third-order valence-electron chi connectivity index (χ3n) is 17.0. The van der Waals surface area contributed by atoms with Crippen LogP contribution in [0, 0.1) is 22.7 Å². The van der Waals surface area contributed by atoms with E-state index >= 15 is 0 Å². The van der Waals surface area contributed by atoms with Gasteiger partial charge in [-0.25, -0.2) is 0 Å². The molecule has 0 unspecified atom stereocenters. The number of unbranched alkanes of at least 4 members (excludes halogenated alkanes) is 10. The lowest BCUT2D eigenvalue weighted by molar-refractivity contribution is 0.260. The Morgan fingerprint density at radius 1 is 0.368 bits per heavy atom. The molecule has 0 aliphatic carbocycles. The Labute approximate surface area is 572 Å². The number of rotatable bonds is 30. The van der Waals surface area contributed by atoms with Gasteiger partial charge >= 0.3 is 0 Å². The number of allylic oxidation sites excluding steroid dienone is 2. The summed E-state index contributed by atoms with van der Waals surface area (Å²) in [6, 6.07) is 88.5. The minimum atomic E-state index is 0.543. The van der Waals surface area contributed by atoms with E-state index in [0.717, 1.165) is 135 Å². The highest BCUT2D eigenvalue weighted by atomic mass is 32.1. The van der Waals surface area contributed by atoms with Crippen LogP contribution in [-0.4, -0.2) is 22.0 Å². The van der Waals surface area contributed by atoms with E-state index in [1.165, 1.54) is 63.1 Å². The Morgan fingerprint density at radius 2 is 0.684 bits per heavy atom. The van der Waals surface area contributed by atoms with Crippen molar-refractivity contribution in [2.24, 2.45) is 0 Å². The van der Waals surface area contributed by atoms with Crippen LogP contribution < -0.4 is 19.3 Å². The average molecular weight is 1300 g/mol. The molecule has 0 saturated heterocycles.